The van der Waals surface area contributed by atoms with Crippen LogP contribution in [0.25, 0.3) is 11.0 Å². The number of fused-ring (bicyclic) bond motifs is 1. The standard InChI is InChI=1S/C15H16N4O/c1-19-7-5-11(9-19)4-6-16-15(20)12-2-3-13-14(8-12)18-10-17-13/h2-3,5,7-10H,4,6H2,1H3,(H,16,20)(H,17,18). The number of rotatable bonds is 4. The normalized spacial score (nSPS) is 10.8. The molecule has 0 unspecified atom stereocenters. The van der Waals surface area contributed by atoms with Gasteiger partial charge in [-0.15, -0.1) is 0 Å². The molecule has 5 nitrogen and oxygen atoms in total. The molecule has 0 saturated heterocycles. The van der Waals surface area contributed by atoms with Gasteiger partial charge >= 0.3 is 0 Å². The van der Waals surface area contributed by atoms with Gasteiger partial charge in [-0.3, -0.25) is 4.79 Å². The molecule has 0 atom stereocenters. The molecular formula is C15H16N4O. The minimum absolute atomic E-state index is 0.0579. The van der Waals surface area contributed by atoms with Crippen LogP contribution < -0.4 is 5.32 Å². The van der Waals surface area contributed by atoms with Gasteiger partial charge in [0.2, 0.25) is 0 Å². The number of benzene rings is 1. The van der Waals surface area contributed by atoms with Gasteiger partial charge in [0.05, 0.1) is 17.4 Å². The zero-order chi connectivity index (χ0) is 13.9. The number of nitrogens with zero attached hydrogens (tertiary/aromatic N) is 2. The number of amides is 1. The maximum absolute atomic E-state index is 12.1. The van der Waals surface area contributed by atoms with Gasteiger partial charge in [0, 0.05) is 31.5 Å². The first-order valence-corrected chi connectivity index (χ1v) is 6.54. The lowest BCUT2D eigenvalue weighted by Gasteiger charge is -2.04. The first-order chi connectivity index (χ1) is 9.72. The van der Waals surface area contributed by atoms with E-state index in [1.54, 1.807) is 12.4 Å². The predicted octanol–water partition coefficient (Wildman–Crippen LogP) is 1.87. The molecule has 0 aliphatic heterocycles. The molecule has 102 valence electrons. The molecule has 20 heavy (non-hydrogen) atoms. The number of aryl methyl sites for hydroxylation is 1. The highest BCUT2D eigenvalue weighted by Gasteiger charge is 2.07. The van der Waals surface area contributed by atoms with E-state index in [1.165, 1.54) is 5.56 Å². The molecule has 0 aliphatic rings. The number of carbonyl (C=O) groups is 1. The SMILES string of the molecule is Cn1ccc(CCNC(=O)c2ccc3nc[nH]c3c2)c1. The molecular weight excluding hydrogens is 252 g/mol. The topological polar surface area (TPSA) is 62.7 Å². The molecule has 2 heterocycles. The fourth-order valence-electron chi connectivity index (χ4n) is 2.21. The van der Waals surface area contributed by atoms with Crippen molar-refractivity contribution in [2.24, 2.45) is 7.05 Å². The average molecular weight is 268 g/mol. The molecule has 2 N–H and O–H groups in total. The minimum atomic E-state index is -0.0579. The van der Waals surface area contributed by atoms with Gasteiger partial charge in [-0.05, 0) is 36.2 Å². The Bertz CT molecular complexity index is 741. The van der Waals surface area contributed by atoms with Crippen molar-refractivity contribution in [2.45, 2.75) is 6.42 Å². The van der Waals surface area contributed by atoms with Crippen LogP contribution in [0.4, 0.5) is 0 Å². The lowest BCUT2D eigenvalue weighted by atomic mass is 10.2. The average Bonchev–Trinajstić information content (AvgIpc) is 3.06. The third-order valence-corrected chi connectivity index (χ3v) is 3.27. The molecule has 0 bridgehead atoms. The van der Waals surface area contributed by atoms with Crippen molar-refractivity contribution >= 4 is 16.9 Å². The zero-order valence-electron chi connectivity index (χ0n) is 11.3. The van der Waals surface area contributed by atoms with Gasteiger partial charge in [0.25, 0.3) is 5.91 Å². The molecule has 1 aromatic carbocycles. The lowest BCUT2D eigenvalue weighted by molar-refractivity contribution is 0.0954. The number of aromatic nitrogens is 3. The van der Waals surface area contributed by atoms with Gasteiger partial charge in [0.1, 0.15) is 0 Å². The minimum Gasteiger partial charge on any atom is -0.357 e. The second-order valence-corrected chi connectivity index (χ2v) is 4.83. The van der Waals surface area contributed by atoms with E-state index in [2.05, 4.69) is 27.5 Å². The molecule has 1 amide bonds. The largest absolute Gasteiger partial charge is 0.357 e. The lowest BCUT2D eigenvalue weighted by Crippen LogP contribution is -2.25. The fraction of sp³-hybridized carbons (Fsp3) is 0.200. The maximum atomic E-state index is 12.1. The molecule has 0 saturated carbocycles. The summed E-state index contributed by atoms with van der Waals surface area (Å²) in [4.78, 5) is 19.2. The van der Waals surface area contributed by atoms with Crippen molar-refractivity contribution in [3.63, 3.8) is 0 Å². The Kier molecular flexibility index (Phi) is 3.25. The van der Waals surface area contributed by atoms with Gasteiger partial charge in [-0.1, -0.05) is 0 Å². The second kappa shape index (κ2) is 5.21. The Hall–Kier alpha value is -2.56. The first kappa shape index (κ1) is 12.5. The highest BCUT2D eigenvalue weighted by atomic mass is 16.1. The van der Waals surface area contributed by atoms with E-state index in [1.807, 2.05) is 29.9 Å². The van der Waals surface area contributed by atoms with Crippen LogP contribution in [0.1, 0.15) is 15.9 Å². The Labute approximate surface area is 116 Å². The van der Waals surface area contributed by atoms with Crippen LogP contribution in [0.2, 0.25) is 0 Å². The second-order valence-electron chi connectivity index (χ2n) is 4.83. The van der Waals surface area contributed by atoms with E-state index in [9.17, 15) is 4.79 Å². The molecule has 0 fully saturated rings. The third-order valence-electron chi connectivity index (χ3n) is 3.27. The number of hydrogen-bond acceptors (Lipinski definition) is 2. The number of carbonyl (C=O) groups excluding carboxylic acids is 1. The van der Waals surface area contributed by atoms with Crippen LogP contribution in [0.5, 0.6) is 0 Å². The van der Waals surface area contributed by atoms with E-state index >= 15 is 0 Å². The molecule has 0 aliphatic carbocycles. The summed E-state index contributed by atoms with van der Waals surface area (Å²) >= 11 is 0. The van der Waals surface area contributed by atoms with Crippen molar-refractivity contribution in [1.82, 2.24) is 19.9 Å². The maximum Gasteiger partial charge on any atom is 0.251 e. The first-order valence-electron chi connectivity index (χ1n) is 6.54. The summed E-state index contributed by atoms with van der Waals surface area (Å²) in [5.74, 6) is -0.0579. The summed E-state index contributed by atoms with van der Waals surface area (Å²) in [5, 5.41) is 2.93. The predicted molar refractivity (Wildman–Crippen MR) is 77.5 cm³/mol. The summed E-state index contributed by atoms with van der Waals surface area (Å²) < 4.78 is 2.00. The van der Waals surface area contributed by atoms with Crippen molar-refractivity contribution in [3.05, 3.63) is 54.1 Å². The summed E-state index contributed by atoms with van der Waals surface area (Å²) in [7, 11) is 1.99. The van der Waals surface area contributed by atoms with Crippen molar-refractivity contribution in [1.29, 1.82) is 0 Å². The van der Waals surface area contributed by atoms with E-state index < -0.39 is 0 Å². The van der Waals surface area contributed by atoms with Crippen molar-refractivity contribution in [2.75, 3.05) is 6.54 Å². The number of nitrogens with one attached hydrogen (secondary N) is 2. The van der Waals surface area contributed by atoms with E-state index in [-0.39, 0.29) is 5.91 Å². The molecule has 2 aromatic heterocycles. The molecule has 3 rings (SSSR count). The summed E-state index contributed by atoms with van der Waals surface area (Å²) in [6.45, 7) is 0.629. The molecule has 0 spiro atoms. The fourth-order valence-corrected chi connectivity index (χ4v) is 2.21. The number of H-pyrrole nitrogens is 1. The Morgan fingerprint density at radius 2 is 2.30 bits per heavy atom. The van der Waals surface area contributed by atoms with Crippen LogP contribution in [0, 0.1) is 0 Å². The van der Waals surface area contributed by atoms with E-state index in [0.29, 0.717) is 12.1 Å². The van der Waals surface area contributed by atoms with Gasteiger partial charge in [0.15, 0.2) is 0 Å². The van der Waals surface area contributed by atoms with E-state index in [0.717, 1.165) is 17.5 Å². The van der Waals surface area contributed by atoms with Gasteiger partial charge in [-0.2, -0.15) is 0 Å². The number of aromatic amines is 1. The zero-order valence-corrected chi connectivity index (χ0v) is 11.3. The van der Waals surface area contributed by atoms with Crippen LogP contribution >= 0.6 is 0 Å². The molecule has 5 heteroatoms. The van der Waals surface area contributed by atoms with Gasteiger partial charge < -0.3 is 14.9 Å². The summed E-state index contributed by atoms with van der Waals surface area (Å²) in [6, 6.07) is 7.52. The Morgan fingerprint density at radius 3 is 3.10 bits per heavy atom. The molecule has 0 radical (unpaired) electrons. The Balaban J connectivity index is 1.61. The Morgan fingerprint density at radius 1 is 1.40 bits per heavy atom. The summed E-state index contributed by atoms with van der Waals surface area (Å²) in [6.07, 6.45) is 6.52. The van der Waals surface area contributed by atoms with Crippen LogP contribution in [0.15, 0.2) is 43.0 Å². The third kappa shape index (κ3) is 2.56. The highest BCUT2D eigenvalue weighted by Crippen LogP contribution is 2.11. The monoisotopic (exact) mass is 268 g/mol. The van der Waals surface area contributed by atoms with Crippen LogP contribution in [0.3, 0.4) is 0 Å². The summed E-state index contributed by atoms with van der Waals surface area (Å²) in [5.41, 5.74) is 3.61. The highest BCUT2D eigenvalue weighted by molar-refractivity contribution is 5.97. The smallest absolute Gasteiger partial charge is 0.251 e. The van der Waals surface area contributed by atoms with Gasteiger partial charge in [-0.25, -0.2) is 4.98 Å². The molecule has 3 aromatic rings. The quantitative estimate of drug-likeness (QED) is 0.759. The van der Waals surface area contributed by atoms with Crippen LogP contribution in [-0.4, -0.2) is 27.0 Å². The van der Waals surface area contributed by atoms with Crippen molar-refractivity contribution in [3.8, 4) is 0 Å². The number of hydrogen-bond donors (Lipinski definition) is 2. The van der Waals surface area contributed by atoms with Crippen molar-refractivity contribution < 1.29 is 4.79 Å². The number of imidazole rings is 1. The van der Waals surface area contributed by atoms with Crippen LogP contribution in [-0.2, 0) is 13.5 Å². The van der Waals surface area contributed by atoms with E-state index in [4.69, 9.17) is 0 Å².